The van der Waals surface area contributed by atoms with Crippen LogP contribution in [-0.4, -0.2) is 19.0 Å². The summed E-state index contributed by atoms with van der Waals surface area (Å²) in [6, 6.07) is 4.10. The summed E-state index contributed by atoms with van der Waals surface area (Å²) in [5, 5.41) is 2.58. The van der Waals surface area contributed by atoms with Gasteiger partial charge in [-0.05, 0) is 40.8 Å². The highest BCUT2D eigenvalue weighted by Crippen LogP contribution is 2.13. The largest absolute Gasteiger partial charge is 0.351 e. The molecule has 1 aromatic carbocycles. The van der Waals surface area contributed by atoms with Gasteiger partial charge in [-0.25, -0.2) is 4.39 Å². The standard InChI is InChI=1S/C9H10FIN2O.ClH/c10-6-1-2-8(11)7(5-6)9(14)13-4-3-12;/h1-2,5H,3-4,12H2,(H,13,14);1H. The molecule has 15 heavy (non-hydrogen) atoms. The van der Waals surface area contributed by atoms with Crippen molar-refractivity contribution in [2.45, 2.75) is 0 Å². The first-order chi connectivity index (χ1) is 6.65. The van der Waals surface area contributed by atoms with Gasteiger partial charge in [0, 0.05) is 16.7 Å². The van der Waals surface area contributed by atoms with Gasteiger partial charge < -0.3 is 11.1 Å². The smallest absolute Gasteiger partial charge is 0.252 e. The maximum atomic E-state index is 12.8. The van der Waals surface area contributed by atoms with Gasteiger partial charge in [-0.15, -0.1) is 12.4 Å². The third kappa shape index (κ3) is 4.31. The average Bonchev–Trinajstić information content (AvgIpc) is 2.18. The van der Waals surface area contributed by atoms with Crippen molar-refractivity contribution in [1.29, 1.82) is 0 Å². The molecule has 84 valence electrons. The van der Waals surface area contributed by atoms with E-state index in [1.165, 1.54) is 12.1 Å². The number of nitrogens with one attached hydrogen (secondary N) is 1. The van der Waals surface area contributed by atoms with Crippen LogP contribution < -0.4 is 11.1 Å². The Bertz CT molecular complexity index is 349. The summed E-state index contributed by atoms with van der Waals surface area (Å²) in [5.74, 6) is -0.706. The van der Waals surface area contributed by atoms with Gasteiger partial charge in [0.1, 0.15) is 5.82 Å². The van der Waals surface area contributed by atoms with Crippen LogP contribution in [-0.2, 0) is 0 Å². The lowest BCUT2D eigenvalue weighted by atomic mass is 10.2. The maximum absolute atomic E-state index is 12.8. The second-order valence-electron chi connectivity index (χ2n) is 2.67. The third-order valence-electron chi connectivity index (χ3n) is 1.60. The molecule has 0 unspecified atom stereocenters. The molecule has 3 nitrogen and oxygen atoms in total. The van der Waals surface area contributed by atoms with Crippen LogP contribution in [0, 0.1) is 9.39 Å². The van der Waals surface area contributed by atoms with Gasteiger partial charge in [-0.2, -0.15) is 0 Å². The summed E-state index contributed by atoms with van der Waals surface area (Å²) in [4.78, 5) is 11.4. The predicted molar refractivity (Wildman–Crippen MR) is 67.8 cm³/mol. The number of hydrogen-bond acceptors (Lipinski definition) is 2. The summed E-state index contributed by atoms with van der Waals surface area (Å²) in [6.45, 7) is 0.767. The van der Waals surface area contributed by atoms with E-state index >= 15 is 0 Å². The topological polar surface area (TPSA) is 55.1 Å². The number of hydrogen-bond donors (Lipinski definition) is 2. The summed E-state index contributed by atoms with van der Waals surface area (Å²) in [7, 11) is 0. The number of benzene rings is 1. The molecule has 1 amide bonds. The minimum absolute atomic E-state index is 0. The Kier molecular flexibility index (Phi) is 6.78. The first-order valence-electron chi connectivity index (χ1n) is 4.08. The monoisotopic (exact) mass is 344 g/mol. The molecule has 6 heteroatoms. The fraction of sp³-hybridized carbons (Fsp3) is 0.222. The molecule has 3 N–H and O–H groups in total. The molecule has 0 aromatic heterocycles. The molecular weight excluding hydrogens is 333 g/mol. The van der Waals surface area contributed by atoms with Gasteiger partial charge in [0.25, 0.3) is 5.91 Å². The first-order valence-corrected chi connectivity index (χ1v) is 5.16. The fourth-order valence-corrected chi connectivity index (χ4v) is 1.53. The Morgan fingerprint density at radius 2 is 2.20 bits per heavy atom. The van der Waals surface area contributed by atoms with E-state index in [4.69, 9.17) is 5.73 Å². The summed E-state index contributed by atoms with van der Waals surface area (Å²) < 4.78 is 13.5. The van der Waals surface area contributed by atoms with Crippen LogP contribution in [0.1, 0.15) is 10.4 Å². The van der Waals surface area contributed by atoms with Gasteiger partial charge in [-0.1, -0.05) is 0 Å². The van der Waals surface area contributed by atoms with E-state index in [2.05, 4.69) is 5.32 Å². The molecule has 0 saturated heterocycles. The first kappa shape index (κ1) is 14.6. The third-order valence-corrected chi connectivity index (χ3v) is 2.54. The number of amides is 1. The van der Waals surface area contributed by atoms with E-state index in [9.17, 15) is 9.18 Å². The number of halogens is 3. The van der Waals surface area contributed by atoms with Crippen molar-refractivity contribution in [3.63, 3.8) is 0 Å². The summed E-state index contributed by atoms with van der Waals surface area (Å²) in [6.07, 6.45) is 0. The molecule has 1 rings (SSSR count). The van der Waals surface area contributed by atoms with Gasteiger partial charge in [0.05, 0.1) is 5.56 Å². The number of carbonyl (C=O) groups excluding carboxylic acids is 1. The molecule has 0 atom stereocenters. The van der Waals surface area contributed by atoms with Gasteiger partial charge in [0.2, 0.25) is 0 Å². The Labute approximate surface area is 107 Å². The summed E-state index contributed by atoms with van der Waals surface area (Å²) >= 11 is 1.99. The molecule has 1 aromatic rings. The Balaban J connectivity index is 0.00000196. The van der Waals surface area contributed by atoms with Crippen LogP contribution in [0.4, 0.5) is 4.39 Å². The SMILES string of the molecule is Cl.NCCNC(=O)c1cc(F)ccc1I. The lowest BCUT2D eigenvalue weighted by Crippen LogP contribution is -2.29. The molecule has 0 radical (unpaired) electrons. The highest BCUT2D eigenvalue weighted by molar-refractivity contribution is 14.1. The highest BCUT2D eigenvalue weighted by atomic mass is 127. The van der Waals surface area contributed by atoms with E-state index in [0.29, 0.717) is 18.7 Å². The van der Waals surface area contributed by atoms with E-state index < -0.39 is 5.82 Å². The van der Waals surface area contributed by atoms with Gasteiger partial charge in [0.15, 0.2) is 0 Å². The van der Waals surface area contributed by atoms with Crippen LogP contribution in [0.2, 0.25) is 0 Å². The zero-order valence-corrected chi connectivity index (χ0v) is 10.8. The van der Waals surface area contributed by atoms with Crippen LogP contribution >= 0.6 is 35.0 Å². The lowest BCUT2D eigenvalue weighted by Gasteiger charge is -2.05. The zero-order valence-electron chi connectivity index (χ0n) is 7.80. The molecule has 0 saturated carbocycles. The lowest BCUT2D eigenvalue weighted by molar-refractivity contribution is 0.0953. The minimum Gasteiger partial charge on any atom is -0.351 e. The quantitative estimate of drug-likeness (QED) is 0.817. The number of carbonyl (C=O) groups is 1. The second-order valence-corrected chi connectivity index (χ2v) is 3.83. The Hall–Kier alpha value is -0.400. The average molecular weight is 345 g/mol. The molecule has 0 aliphatic heterocycles. The van der Waals surface area contributed by atoms with Gasteiger partial charge in [-0.3, -0.25) is 4.79 Å². The van der Waals surface area contributed by atoms with Crippen LogP contribution in [0.5, 0.6) is 0 Å². The van der Waals surface area contributed by atoms with Crippen molar-refractivity contribution < 1.29 is 9.18 Å². The fourth-order valence-electron chi connectivity index (χ4n) is 0.952. The van der Waals surface area contributed by atoms with Crippen LogP contribution in [0.15, 0.2) is 18.2 Å². The number of nitrogens with two attached hydrogens (primary N) is 1. The minimum atomic E-state index is -0.414. The number of rotatable bonds is 3. The molecule has 0 spiro atoms. The predicted octanol–water partition coefficient (Wildman–Crippen LogP) is 1.54. The summed E-state index contributed by atoms with van der Waals surface area (Å²) in [5.41, 5.74) is 5.58. The molecule has 0 bridgehead atoms. The van der Waals surface area contributed by atoms with Crippen molar-refractivity contribution in [3.05, 3.63) is 33.1 Å². The van der Waals surface area contributed by atoms with Crippen molar-refractivity contribution in [3.8, 4) is 0 Å². The zero-order chi connectivity index (χ0) is 10.6. The molecule has 0 heterocycles. The highest BCUT2D eigenvalue weighted by Gasteiger charge is 2.09. The second kappa shape index (κ2) is 6.97. The molecule has 0 fully saturated rings. The van der Waals surface area contributed by atoms with Crippen molar-refractivity contribution >= 4 is 40.9 Å². The van der Waals surface area contributed by atoms with Crippen molar-refractivity contribution in [2.75, 3.05) is 13.1 Å². The van der Waals surface area contributed by atoms with E-state index in [0.717, 1.165) is 3.57 Å². The Morgan fingerprint density at radius 1 is 1.53 bits per heavy atom. The van der Waals surface area contributed by atoms with E-state index in [1.54, 1.807) is 6.07 Å². The molecule has 0 aliphatic rings. The Morgan fingerprint density at radius 3 is 2.80 bits per heavy atom. The van der Waals surface area contributed by atoms with Crippen molar-refractivity contribution in [2.24, 2.45) is 5.73 Å². The van der Waals surface area contributed by atoms with E-state index in [-0.39, 0.29) is 18.3 Å². The van der Waals surface area contributed by atoms with Crippen LogP contribution in [0.25, 0.3) is 0 Å². The van der Waals surface area contributed by atoms with Gasteiger partial charge >= 0.3 is 0 Å². The maximum Gasteiger partial charge on any atom is 0.252 e. The van der Waals surface area contributed by atoms with Crippen LogP contribution in [0.3, 0.4) is 0 Å². The molecule has 0 aliphatic carbocycles. The van der Waals surface area contributed by atoms with E-state index in [1.807, 2.05) is 22.6 Å². The molecular formula is C9H11ClFIN2O. The normalized spacial score (nSPS) is 9.27. The van der Waals surface area contributed by atoms with Crippen molar-refractivity contribution in [1.82, 2.24) is 5.32 Å².